The number of urea groups is 1. The van der Waals surface area contributed by atoms with Crippen molar-refractivity contribution in [2.75, 3.05) is 57.3 Å². The summed E-state index contributed by atoms with van der Waals surface area (Å²) in [5.41, 5.74) is 1.07. The predicted molar refractivity (Wildman–Crippen MR) is 119 cm³/mol. The summed E-state index contributed by atoms with van der Waals surface area (Å²) in [6, 6.07) is 6.81. The number of nitrogens with one attached hydrogen (secondary N) is 1. The van der Waals surface area contributed by atoms with Crippen LogP contribution in [-0.4, -0.2) is 68.2 Å². The van der Waals surface area contributed by atoms with E-state index in [1.54, 1.807) is 0 Å². The van der Waals surface area contributed by atoms with Gasteiger partial charge in [-0.15, -0.1) is 0 Å². The van der Waals surface area contributed by atoms with Gasteiger partial charge in [0.25, 0.3) is 0 Å². The van der Waals surface area contributed by atoms with Crippen LogP contribution in [0.4, 0.5) is 14.9 Å². The molecule has 4 rings (SSSR count). The first-order valence-electron chi connectivity index (χ1n) is 11.9. The third kappa shape index (κ3) is 5.87. The topological polar surface area (TPSA) is 38.8 Å². The van der Waals surface area contributed by atoms with Crippen molar-refractivity contribution in [3.8, 4) is 0 Å². The molecule has 5 nitrogen and oxygen atoms in total. The summed E-state index contributed by atoms with van der Waals surface area (Å²) < 4.78 is 13.1. The Balaban J connectivity index is 1.14. The van der Waals surface area contributed by atoms with Gasteiger partial charge in [-0.3, -0.25) is 0 Å². The van der Waals surface area contributed by atoms with Crippen LogP contribution in [0.1, 0.15) is 44.9 Å². The quantitative estimate of drug-likeness (QED) is 0.790. The normalized spacial score (nSPS) is 24.1. The van der Waals surface area contributed by atoms with E-state index in [4.69, 9.17) is 0 Å². The second-order valence-electron chi connectivity index (χ2n) is 9.41. The second kappa shape index (κ2) is 10.5. The first-order chi connectivity index (χ1) is 14.7. The summed E-state index contributed by atoms with van der Waals surface area (Å²) in [6.07, 6.45) is 8.80. The molecular formula is C24H37FN4O. The predicted octanol–water partition coefficient (Wildman–Crippen LogP) is 3.95. The van der Waals surface area contributed by atoms with E-state index in [0.29, 0.717) is 5.92 Å². The lowest BCUT2D eigenvalue weighted by molar-refractivity contribution is 0.147. The first kappa shape index (κ1) is 21.4. The van der Waals surface area contributed by atoms with Crippen molar-refractivity contribution in [3.63, 3.8) is 0 Å². The molecular weight excluding hydrogens is 379 g/mol. The number of amides is 2. The lowest BCUT2D eigenvalue weighted by Gasteiger charge is -2.34. The average molecular weight is 417 g/mol. The first-order valence-corrected chi connectivity index (χ1v) is 11.9. The van der Waals surface area contributed by atoms with Crippen molar-refractivity contribution in [1.29, 1.82) is 0 Å². The molecule has 1 N–H and O–H groups in total. The molecule has 0 aliphatic carbocycles. The fraction of sp³-hybridized carbons (Fsp3) is 0.708. The Hall–Kier alpha value is -1.82. The van der Waals surface area contributed by atoms with Crippen molar-refractivity contribution < 1.29 is 9.18 Å². The Morgan fingerprint density at radius 3 is 2.27 bits per heavy atom. The van der Waals surface area contributed by atoms with Crippen molar-refractivity contribution in [3.05, 3.63) is 30.1 Å². The van der Waals surface area contributed by atoms with Gasteiger partial charge in [0.15, 0.2) is 0 Å². The molecule has 2 amide bonds. The molecule has 3 aliphatic rings. The molecule has 0 radical (unpaired) electrons. The molecule has 0 spiro atoms. The number of hydrogen-bond acceptors (Lipinski definition) is 3. The summed E-state index contributed by atoms with van der Waals surface area (Å²) in [5, 5.41) is 3.17. The number of carbonyl (C=O) groups excluding carboxylic acids is 1. The standard InChI is InChI=1S/C24H37FN4O/c25-22-5-7-23(8-6-22)29-16-11-21(19-29)17-26-24(30)28-14-9-20(10-15-28)18-27-12-3-1-2-4-13-27/h5-8,20-21H,1-4,9-19H2,(H,26,30)/t21-/m0/s1. The number of halogens is 1. The number of piperidine rings is 1. The second-order valence-corrected chi connectivity index (χ2v) is 9.41. The van der Waals surface area contributed by atoms with Crippen LogP contribution in [0.3, 0.4) is 0 Å². The third-order valence-corrected chi connectivity index (χ3v) is 7.14. The third-order valence-electron chi connectivity index (χ3n) is 7.14. The minimum Gasteiger partial charge on any atom is -0.371 e. The molecule has 166 valence electrons. The molecule has 30 heavy (non-hydrogen) atoms. The number of benzene rings is 1. The zero-order valence-corrected chi connectivity index (χ0v) is 18.2. The van der Waals surface area contributed by atoms with Crippen LogP contribution in [0.25, 0.3) is 0 Å². The van der Waals surface area contributed by atoms with Gasteiger partial charge in [-0.05, 0) is 81.3 Å². The molecule has 0 aromatic heterocycles. The Bertz CT molecular complexity index is 666. The molecule has 3 fully saturated rings. The number of nitrogens with zero attached hydrogens (tertiary/aromatic N) is 3. The summed E-state index contributed by atoms with van der Waals surface area (Å²) in [5.74, 6) is 1.00. The highest BCUT2D eigenvalue weighted by Crippen LogP contribution is 2.24. The highest BCUT2D eigenvalue weighted by Gasteiger charge is 2.27. The Morgan fingerprint density at radius 2 is 1.57 bits per heavy atom. The van der Waals surface area contributed by atoms with Crippen LogP contribution in [0.2, 0.25) is 0 Å². The maximum atomic E-state index is 13.1. The fourth-order valence-corrected chi connectivity index (χ4v) is 5.23. The minimum absolute atomic E-state index is 0.100. The SMILES string of the molecule is O=C(NC[C@@H]1CCN(c2ccc(F)cc2)C1)N1CCC(CN2CCCCCC2)CC1. The number of likely N-dealkylation sites (tertiary alicyclic amines) is 2. The van der Waals surface area contributed by atoms with Crippen LogP contribution in [0.5, 0.6) is 0 Å². The Morgan fingerprint density at radius 1 is 0.900 bits per heavy atom. The Kier molecular flexibility index (Phi) is 7.47. The maximum Gasteiger partial charge on any atom is 0.317 e. The van der Waals surface area contributed by atoms with Gasteiger partial charge in [0.05, 0.1) is 0 Å². The summed E-state index contributed by atoms with van der Waals surface area (Å²) >= 11 is 0. The fourth-order valence-electron chi connectivity index (χ4n) is 5.23. The van der Waals surface area contributed by atoms with E-state index in [9.17, 15) is 9.18 Å². The zero-order chi connectivity index (χ0) is 20.8. The molecule has 3 heterocycles. The van der Waals surface area contributed by atoms with Gasteiger partial charge in [0, 0.05) is 45.0 Å². The van der Waals surface area contributed by atoms with Crippen LogP contribution in [-0.2, 0) is 0 Å². The number of anilines is 1. The largest absolute Gasteiger partial charge is 0.371 e. The van der Waals surface area contributed by atoms with E-state index in [-0.39, 0.29) is 11.8 Å². The molecule has 0 saturated carbocycles. The van der Waals surface area contributed by atoms with Gasteiger partial charge in [-0.2, -0.15) is 0 Å². The van der Waals surface area contributed by atoms with Crippen molar-refractivity contribution in [1.82, 2.24) is 15.1 Å². The van der Waals surface area contributed by atoms with E-state index >= 15 is 0 Å². The molecule has 3 saturated heterocycles. The van der Waals surface area contributed by atoms with Crippen molar-refractivity contribution >= 4 is 11.7 Å². The van der Waals surface area contributed by atoms with Crippen LogP contribution >= 0.6 is 0 Å². The molecule has 0 unspecified atom stereocenters. The summed E-state index contributed by atoms with van der Waals surface area (Å²) in [6.45, 7) is 8.13. The molecule has 1 atom stereocenters. The van der Waals surface area contributed by atoms with Crippen molar-refractivity contribution in [2.45, 2.75) is 44.9 Å². The van der Waals surface area contributed by atoms with E-state index in [1.165, 1.54) is 57.5 Å². The molecule has 1 aromatic rings. The van der Waals surface area contributed by atoms with Gasteiger partial charge in [0.1, 0.15) is 5.82 Å². The maximum absolute atomic E-state index is 13.1. The van der Waals surface area contributed by atoms with Crippen molar-refractivity contribution in [2.24, 2.45) is 11.8 Å². The molecule has 6 heteroatoms. The van der Waals surface area contributed by atoms with Gasteiger partial charge in [0.2, 0.25) is 0 Å². The van der Waals surface area contributed by atoms with Crippen LogP contribution in [0, 0.1) is 17.7 Å². The van der Waals surface area contributed by atoms with Gasteiger partial charge in [-0.25, -0.2) is 9.18 Å². The summed E-state index contributed by atoms with van der Waals surface area (Å²) in [4.78, 5) is 19.6. The molecule has 1 aromatic carbocycles. The highest BCUT2D eigenvalue weighted by atomic mass is 19.1. The average Bonchev–Trinajstić information content (AvgIpc) is 3.09. The monoisotopic (exact) mass is 416 g/mol. The van der Waals surface area contributed by atoms with E-state index in [0.717, 1.165) is 63.6 Å². The van der Waals surface area contributed by atoms with Gasteiger partial charge >= 0.3 is 6.03 Å². The molecule has 3 aliphatic heterocycles. The summed E-state index contributed by atoms with van der Waals surface area (Å²) in [7, 11) is 0. The lowest BCUT2D eigenvalue weighted by atomic mass is 9.96. The number of hydrogen-bond donors (Lipinski definition) is 1. The molecule has 0 bridgehead atoms. The van der Waals surface area contributed by atoms with Crippen LogP contribution in [0.15, 0.2) is 24.3 Å². The van der Waals surface area contributed by atoms with Crippen LogP contribution < -0.4 is 10.2 Å². The van der Waals surface area contributed by atoms with E-state index in [1.807, 2.05) is 17.0 Å². The zero-order valence-electron chi connectivity index (χ0n) is 18.2. The minimum atomic E-state index is -0.197. The highest BCUT2D eigenvalue weighted by molar-refractivity contribution is 5.74. The number of carbonyl (C=O) groups is 1. The number of rotatable bonds is 5. The lowest BCUT2D eigenvalue weighted by Crippen LogP contribution is -2.47. The smallest absolute Gasteiger partial charge is 0.317 e. The van der Waals surface area contributed by atoms with Gasteiger partial charge in [-0.1, -0.05) is 12.8 Å². The van der Waals surface area contributed by atoms with Gasteiger partial charge < -0.3 is 20.0 Å². The van der Waals surface area contributed by atoms with E-state index < -0.39 is 0 Å². The Labute approximate surface area is 180 Å². The van der Waals surface area contributed by atoms with E-state index in [2.05, 4.69) is 15.1 Å².